The highest BCUT2D eigenvalue weighted by Crippen LogP contribution is 2.19. The third-order valence-corrected chi connectivity index (χ3v) is 4.00. The van der Waals surface area contributed by atoms with Crippen LogP contribution in [0.2, 0.25) is 0 Å². The van der Waals surface area contributed by atoms with Crippen LogP contribution in [-0.4, -0.2) is 5.78 Å². The first-order valence-corrected chi connectivity index (χ1v) is 6.68. The number of benzene rings is 1. The first-order chi connectivity index (χ1) is 8.19. The van der Waals surface area contributed by atoms with Gasteiger partial charge >= 0.3 is 0 Å². The zero-order valence-corrected chi connectivity index (χ0v) is 11.0. The van der Waals surface area contributed by atoms with Crippen molar-refractivity contribution in [3.63, 3.8) is 0 Å². The van der Waals surface area contributed by atoms with Gasteiger partial charge in [-0.15, -0.1) is 11.3 Å². The number of Topliss-reactive ketones (excluding diaryl/α,β-unsaturated/α-hetero) is 1. The van der Waals surface area contributed by atoms with E-state index in [0.29, 0.717) is 6.42 Å². The molecule has 1 heterocycles. The Hall–Kier alpha value is -1.41. The third-order valence-electron chi connectivity index (χ3n) is 2.73. The van der Waals surface area contributed by atoms with E-state index in [0.717, 1.165) is 16.9 Å². The highest BCUT2D eigenvalue weighted by atomic mass is 32.1. The van der Waals surface area contributed by atoms with E-state index in [9.17, 15) is 4.79 Å². The summed E-state index contributed by atoms with van der Waals surface area (Å²) in [5, 5.41) is 0. The molecule has 0 saturated carbocycles. The highest BCUT2D eigenvalue weighted by Gasteiger charge is 2.09. The zero-order valence-electron chi connectivity index (χ0n) is 10.2. The van der Waals surface area contributed by atoms with E-state index in [1.807, 2.05) is 37.3 Å². The molecule has 0 unspecified atom stereocenters. The second kappa shape index (κ2) is 5.28. The van der Waals surface area contributed by atoms with Gasteiger partial charge in [-0.1, -0.05) is 36.8 Å². The Bertz CT molecular complexity index is 525. The third kappa shape index (κ3) is 3.04. The smallest absolute Gasteiger partial charge is 0.177 e. The van der Waals surface area contributed by atoms with Crippen LogP contribution in [0.5, 0.6) is 0 Å². The molecular formula is C15H16OS. The van der Waals surface area contributed by atoms with Crippen LogP contribution in [0.3, 0.4) is 0 Å². The first kappa shape index (κ1) is 12.1. The van der Waals surface area contributed by atoms with Gasteiger partial charge in [-0.3, -0.25) is 4.79 Å². The lowest BCUT2D eigenvalue weighted by atomic mass is 10.1. The number of carbonyl (C=O) groups is 1. The van der Waals surface area contributed by atoms with Gasteiger partial charge in [0.25, 0.3) is 0 Å². The summed E-state index contributed by atoms with van der Waals surface area (Å²) in [6, 6.07) is 12.1. The number of aryl methyl sites for hydroxylation is 2. The molecule has 2 rings (SSSR count). The number of hydrogen-bond donors (Lipinski definition) is 0. The molecule has 0 fully saturated rings. The van der Waals surface area contributed by atoms with E-state index in [2.05, 4.69) is 13.0 Å². The number of rotatable bonds is 4. The van der Waals surface area contributed by atoms with Crippen molar-refractivity contribution in [1.29, 1.82) is 0 Å². The van der Waals surface area contributed by atoms with E-state index < -0.39 is 0 Å². The largest absolute Gasteiger partial charge is 0.293 e. The number of carbonyl (C=O) groups excluding carboxylic acids is 1. The van der Waals surface area contributed by atoms with E-state index >= 15 is 0 Å². The molecule has 0 aliphatic carbocycles. The van der Waals surface area contributed by atoms with Gasteiger partial charge < -0.3 is 0 Å². The van der Waals surface area contributed by atoms with Crippen molar-refractivity contribution in [3.05, 3.63) is 57.3 Å². The van der Waals surface area contributed by atoms with Gasteiger partial charge in [-0.25, -0.2) is 0 Å². The minimum atomic E-state index is 0.223. The zero-order chi connectivity index (χ0) is 12.3. The average Bonchev–Trinajstić information content (AvgIpc) is 2.77. The van der Waals surface area contributed by atoms with Crippen molar-refractivity contribution in [2.75, 3.05) is 0 Å². The normalized spacial score (nSPS) is 10.5. The van der Waals surface area contributed by atoms with Crippen molar-refractivity contribution in [2.45, 2.75) is 26.7 Å². The molecule has 0 aliphatic rings. The Balaban J connectivity index is 2.11. The first-order valence-electron chi connectivity index (χ1n) is 5.86. The topological polar surface area (TPSA) is 17.1 Å². The van der Waals surface area contributed by atoms with Gasteiger partial charge in [0, 0.05) is 11.3 Å². The summed E-state index contributed by atoms with van der Waals surface area (Å²) in [6.07, 6.45) is 1.51. The summed E-state index contributed by atoms with van der Waals surface area (Å²) in [6.45, 7) is 4.16. The van der Waals surface area contributed by atoms with Crippen molar-refractivity contribution >= 4 is 17.1 Å². The van der Waals surface area contributed by atoms with Crippen LogP contribution in [-0.2, 0) is 12.8 Å². The summed E-state index contributed by atoms with van der Waals surface area (Å²) < 4.78 is 0. The lowest BCUT2D eigenvalue weighted by Crippen LogP contribution is -2.01. The molecule has 0 bridgehead atoms. The van der Waals surface area contributed by atoms with Gasteiger partial charge in [0.1, 0.15) is 0 Å². The fourth-order valence-electron chi connectivity index (χ4n) is 1.81. The van der Waals surface area contributed by atoms with Gasteiger partial charge in [-0.05, 0) is 31.0 Å². The molecule has 2 aromatic rings. The lowest BCUT2D eigenvalue weighted by molar-refractivity contribution is 0.0997. The number of hydrogen-bond acceptors (Lipinski definition) is 2. The van der Waals surface area contributed by atoms with Gasteiger partial charge in [0.15, 0.2) is 5.78 Å². The standard InChI is InChI=1S/C15H16OS/c1-3-13-7-8-15(17-13)14(16)10-12-6-4-5-11(2)9-12/h4-9H,3,10H2,1-2H3. The maximum Gasteiger partial charge on any atom is 0.177 e. The average molecular weight is 244 g/mol. The molecule has 0 N–H and O–H groups in total. The molecule has 1 nitrogen and oxygen atoms in total. The number of ketones is 1. The second-order valence-corrected chi connectivity index (χ2v) is 5.38. The Morgan fingerprint density at radius 1 is 1.24 bits per heavy atom. The molecule has 0 radical (unpaired) electrons. The molecule has 0 aliphatic heterocycles. The SMILES string of the molecule is CCc1ccc(C(=O)Cc2cccc(C)c2)s1. The van der Waals surface area contributed by atoms with Crippen LogP contribution >= 0.6 is 11.3 Å². The van der Waals surface area contributed by atoms with Crippen molar-refractivity contribution < 1.29 is 4.79 Å². The molecular weight excluding hydrogens is 228 g/mol. The van der Waals surface area contributed by atoms with E-state index in [4.69, 9.17) is 0 Å². The fraction of sp³-hybridized carbons (Fsp3) is 0.267. The van der Waals surface area contributed by atoms with Crippen LogP contribution in [0, 0.1) is 6.92 Å². The monoisotopic (exact) mass is 244 g/mol. The van der Waals surface area contributed by atoms with Crippen molar-refractivity contribution in [2.24, 2.45) is 0 Å². The molecule has 0 saturated heterocycles. The quantitative estimate of drug-likeness (QED) is 0.742. The molecule has 0 atom stereocenters. The van der Waals surface area contributed by atoms with Crippen LogP contribution in [0.15, 0.2) is 36.4 Å². The Labute approximate surface area is 106 Å². The van der Waals surface area contributed by atoms with Crippen LogP contribution < -0.4 is 0 Å². The molecule has 1 aromatic heterocycles. The fourth-order valence-corrected chi connectivity index (χ4v) is 2.70. The van der Waals surface area contributed by atoms with Crippen molar-refractivity contribution in [1.82, 2.24) is 0 Å². The van der Waals surface area contributed by atoms with Crippen LogP contribution in [0.1, 0.15) is 32.6 Å². The predicted molar refractivity (Wildman–Crippen MR) is 72.9 cm³/mol. The minimum Gasteiger partial charge on any atom is -0.293 e. The summed E-state index contributed by atoms with van der Waals surface area (Å²) in [5.41, 5.74) is 2.30. The van der Waals surface area contributed by atoms with Crippen LogP contribution in [0.25, 0.3) is 0 Å². The number of thiophene rings is 1. The predicted octanol–water partition coefficient (Wildman–Crippen LogP) is 4.04. The van der Waals surface area contributed by atoms with Gasteiger partial charge in [0.2, 0.25) is 0 Å². The highest BCUT2D eigenvalue weighted by molar-refractivity contribution is 7.14. The van der Waals surface area contributed by atoms with Gasteiger partial charge in [-0.2, -0.15) is 0 Å². The summed E-state index contributed by atoms with van der Waals surface area (Å²) >= 11 is 1.61. The maximum atomic E-state index is 12.1. The molecule has 17 heavy (non-hydrogen) atoms. The minimum absolute atomic E-state index is 0.223. The van der Waals surface area contributed by atoms with E-state index in [1.54, 1.807) is 11.3 Å². The van der Waals surface area contributed by atoms with E-state index in [-0.39, 0.29) is 5.78 Å². The Morgan fingerprint density at radius 2 is 2.06 bits per heavy atom. The Morgan fingerprint density at radius 3 is 2.71 bits per heavy atom. The Kier molecular flexibility index (Phi) is 3.75. The molecule has 0 amide bonds. The van der Waals surface area contributed by atoms with Gasteiger partial charge in [0.05, 0.1) is 4.88 Å². The molecule has 2 heteroatoms. The maximum absolute atomic E-state index is 12.1. The van der Waals surface area contributed by atoms with E-state index in [1.165, 1.54) is 10.4 Å². The second-order valence-electron chi connectivity index (χ2n) is 4.21. The van der Waals surface area contributed by atoms with Crippen LogP contribution in [0.4, 0.5) is 0 Å². The summed E-state index contributed by atoms with van der Waals surface area (Å²) in [4.78, 5) is 14.2. The molecule has 0 spiro atoms. The molecule has 1 aromatic carbocycles. The molecule has 88 valence electrons. The summed E-state index contributed by atoms with van der Waals surface area (Å²) in [5.74, 6) is 0.223. The lowest BCUT2D eigenvalue weighted by Gasteiger charge is -2.00. The van der Waals surface area contributed by atoms with Crippen molar-refractivity contribution in [3.8, 4) is 0 Å². The summed E-state index contributed by atoms with van der Waals surface area (Å²) in [7, 11) is 0.